The van der Waals surface area contributed by atoms with Gasteiger partial charge in [0.1, 0.15) is 5.67 Å². The molecule has 0 rings (SSSR count). The minimum Gasteiger partial charge on any atom is -0.244 e. The molecule has 0 saturated carbocycles. The fourth-order valence-electron chi connectivity index (χ4n) is 2.51. The number of hydrogen-bond donors (Lipinski definition) is 0. The zero-order chi connectivity index (χ0) is 10.5. The van der Waals surface area contributed by atoms with Gasteiger partial charge in [-0.1, -0.05) is 53.4 Å². The molecular formula is C12H25F. The molecule has 0 aliphatic carbocycles. The summed E-state index contributed by atoms with van der Waals surface area (Å²) in [7, 11) is 0. The molecule has 0 bridgehead atoms. The Morgan fingerprint density at radius 3 is 1.23 bits per heavy atom. The van der Waals surface area contributed by atoms with Gasteiger partial charge in [-0.15, -0.1) is 0 Å². The summed E-state index contributed by atoms with van der Waals surface area (Å²) in [4.78, 5) is 0. The van der Waals surface area contributed by atoms with Gasteiger partial charge in [-0.2, -0.15) is 0 Å². The highest BCUT2D eigenvalue weighted by atomic mass is 19.1. The first-order valence-electron chi connectivity index (χ1n) is 5.73. The fourth-order valence-corrected chi connectivity index (χ4v) is 2.51. The summed E-state index contributed by atoms with van der Waals surface area (Å²) in [6, 6.07) is 0. The van der Waals surface area contributed by atoms with Gasteiger partial charge >= 0.3 is 0 Å². The molecule has 13 heavy (non-hydrogen) atoms. The molecular weight excluding hydrogens is 163 g/mol. The molecule has 0 saturated heterocycles. The van der Waals surface area contributed by atoms with Crippen molar-refractivity contribution < 1.29 is 4.39 Å². The zero-order valence-electron chi connectivity index (χ0n) is 9.86. The van der Waals surface area contributed by atoms with Crippen molar-refractivity contribution in [1.82, 2.24) is 0 Å². The monoisotopic (exact) mass is 188 g/mol. The van der Waals surface area contributed by atoms with Crippen LogP contribution in [-0.2, 0) is 0 Å². The number of halogens is 1. The Labute approximate surface area is 82.9 Å². The lowest BCUT2D eigenvalue weighted by Crippen LogP contribution is -2.37. The average molecular weight is 188 g/mol. The van der Waals surface area contributed by atoms with Crippen molar-refractivity contribution in [2.24, 2.45) is 11.8 Å². The second-order valence-corrected chi connectivity index (χ2v) is 4.18. The van der Waals surface area contributed by atoms with Crippen LogP contribution < -0.4 is 0 Å². The third kappa shape index (κ3) is 2.96. The summed E-state index contributed by atoms with van der Waals surface area (Å²) < 4.78 is 14.4. The van der Waals surface area contributed by atoms with Crippen molar-refractivity contribution in [3.63, 3.8) is 0 Å². The predicted molar refractivity (Wildman–Crippen MR) is 57.7 cm³/mol. The van der Waals surface area contributed by atoms with Crippen molar-refractivity contribution in [2.45, 2.75) is 66.0 Å². The Bertz CT molecular complexity index is 107. The first-order valence-corrected chi connectivity index (χ1v) is 5.73. The Morgan fingerprint density at radius 1 is 0.846 bits per heavy atom. The summed E-state index contributed by atoms with van der Waals surface area (Å²) in [5.41, 5.74) is -0.965. The average Bonchev–Trinajstić information content (AvgIpc) is 2.07. The van der Waals surface area contributed by atoms with E-state index in [0.717, 1.165) is 25.7 Å². The zero-order valence-corrected chi connectivity index (χ0v) is 9.86. The normalized spacial score (nSPS) is 12.9. The van der Waals surface area contributed by atoms with Crippen molar-refractivity contribution in [1.29, 1.82) is 0 Å². The Kier molecular flexibility index (Phi) is 5.59. The Hall–Kier alpha value is -0.0700. The van der Waals surface area contributed by atoms with Gasteiger partial charge < -0.3 is 0 Å². The summed E-state index contributed by atoms with van der Waals surface area (Å²) in [6.45, 7) is 10.2. The molecule has 0 aliphatic rings. The largest absolute Gasteiger partial charge is 0.244 e. The molecule has 0 heterocycles. The van der Waals surface area contributed by atoms with E-state index >= 15 is 0 Å². The maximum Gasteiger partial charge on any atom is 0.113 e. The summed E-state index contributed by atoms with van der Waals surface area (Å²) in [6.07, 6.45) is 3.83. The smallest absolute Gasteiger partial charge is 0.113 e. The van der Waals surface area contributed by atoms with Crippen LogP contribution in [0.5, 0.6) is 0 Å². The standard InChI is InChI=1S/C12H25F/c1-6-10(7-2)12(5,13)11(8-3)9-4/h10-11H,6-9H2,1-5H3. The molecule has 0 unspecified atom stereocenters. The third-order valence-electron chi connectivity index (χ3n) is 3.57. The Balaban J connectivity index is 4.48. The predicted octanol–water partition coefficient (Wildman–Crippen LogP) is 4.59. The van der Waals surface area contributed by atoms with Crippen molar-refractivity contribution >= 4 is 0 Å². The van der Waals surface area contributed by atoms with Crippen molar-refractivity contribution in [3.8, 4) is 0 Å². The van der Waals surface area contributed by atoms with E-state index in [1.807, 2.05) is 0 Å². The van der Waals surface area contributed by atoms with Crippen molar-refractivity contribution in [3.05, 3.63) is 0 Å². The van der Waals surface area contributed by atoms with Gasteiger partial charge in [0.05, 0.1) is 0 Å². The first kappa shape index (κ1) is 12.9. The van der Waals surface area contributed by atoms with Crippen LogP contribution >= 0.6 is 0 Å². The minimum absolute atomic E-state index is 0.234. The number of alkyl halides is 1. The topological polar surface area (TPSA) is 0 Å². The van der Waals surface area contributed by atoms with Crippen LogP contribution in [0.1, 0.15) is 60.3 Å². The molecule has 0 aromatic carbocycles. The Morgan fingerprint density at radius 2 is 1.08 bits per heavy atom. The van der Waals surface area contributed by atoms with E-state index in [9.17, 15) is 4.39 Å². The summed E-state index contributed by atoms with van der Waals surface area (Å²) in [5, 5.41) is 0. The molecule has 0 amide bonds. The quantitative estimate of drug-likeness (QED) is 0.572. The van der Waals surface area contributed by atoms with E-state index in [2.05, 4.69) is 27.7 Å². The molecule has 0 aromatic rings. The van der Waals surface area contributed by atoms with Gasteiger partial charge in [0, 0.05) is 0 Å². The van der Waals surface area contributed by atoms with Crippen LogP contribution in [0.3, 0.4) is 0 Å². The molecule has 0 nitrogen and oxygen atoms in total. The van der Waals surface area contributed by atoms with Crippen LogP contribution in [-0.4, -0.2) is 5.67 Å². The molecule has 0 radical (unpaired) electrons. The van der Waals surface area contributed by atoms with Gasteiger partial charge in [0.25, 0.3) is 0 Å². The third-order valence-corrected chi connectivity index (χ3v) is 3.57. The van der Waals surface area contributed by atoms with Crippen LogP contribution in [0.2, 0.25) is 0 Å². The second-order valence-electron chi connectivity index (χ2n) is 4.18. The fraction of sp³-hybridized carbons (Fsp3) is 1.00. The molecule has 0 aliphatic heterocycles. The lowest BCUT2D eigenvalue weighted by atomic mass is 9.75. The van der Waals surface area contributed by atoms with Crippen LogP contribution in [0.25, 0.3) is 0 Å². The highest BCUT2D eigenvalue weighted by molar-refractivity contribution is 4.87. The maximum absolute atomic E-state index is 14.4. The highest BCUT2D eigenvalue weighted by Crippen LogP contribution is 2.38. The molecule has 0 aromatic heterocycles. The van der Waals surface area contributed by atoms with E-state index in [-0.39, 0.29) is 11.8 Å². The molecule has 0 fully saturated rings. The molecule has 1 heteroatoms. The van der Waals surface area contributed by atoms with Gasteiger partial charge in [0.15, 0.2) is 0 Å². The molecule has 0 atom stereocenters. The number of hydrogen-bond acceptors (Lipinski definition) is 0. The first-order chi connectivity index (χ1) is 6.04. The van der Waals surface area contributed by atoms with E-state index in [4.69, 9.17) is 0 Å². The lowest BCUT2D eigenvalue weighted by molar-refractivity contribution is 0.0247. The van der Waals surface area contributed by atoms with E-state index in [1.54, 1.807) is 6.92 Å². The van der Waals surface area contributed by atoms with Gasteiger partial charge in [-0.25, -0.2) is 4.39 Å². The highest BCUT2D eigenvalue weighted by Gasteiger charge is 2.37. The minimum atomic E-state index is -0.965. The molecule has 80 valence electrons. The molecule has 0 N–H and O–H groups in total. The van der Waals surface area contributed by atoms with Crippen LogP contribution in [0, 0.1) is 11.8 Å². The number of rotatable bonds is 6. The van der Waals surface area contributed by atoms with Crippen molar-refractivity contribution in [2.75, 3.05) is 0 Å². The van der Waals surface area contributed by atoms with E-state index in [0.29, 0.717) is 0 Å². The lowest BCUT2D eigenvalue weighted by Gasteiger charge is -2.35. The van der Waals surface area contributed by atoms with Gasteiger partial charge in [-0.05, 0) is 18.8 Å². The van der Waals surface area contributed by atoms with Gasteiger partial charge in [0.2, 0.25) is 0 Å². The van der Waals surface area contributed by atoms with E-state index in [1.165, 1.54) is 0 Å². The van der Waals surface area contributed by atoms with Crippen LogP contribution in [0.4, 0.5) is 4.39 Å². The summed E-state index contributed by atoms with van der Waals surface area (Å²) in [5.74, 6) is 0.467. The van der Waals surface area contributed by atoms with E-state index < -0.39 is 5.67 Å². The van der Waals surface area contributed by atoms with Gasteiger partial charge in [-0.3, -0.25) is 0 Å². The van der Waals surface area contributed by atoms with Crippen LogP contribution in [0.15, 0.2) is 0 Å². The second kappa shape index (κ2) is 5.62. The maximum atomic E-state index is 14.4. The molecule has 0 spiro atoms. The SMILES string of the molecule is CCC(CC)C(C)(F)C(CC)CC. The summed E-state index contributed by atoms with van der Waals surface area (Å²) >= 11 is 0.